The van der Waals surface area contributed by atoms with Gasteiger partial charge in [-0.2, -0.15) is 13.2 Å². The second kappa shape index (κ2) is 10.9. The third-order valence-electron chi connectivity index (χ3n) is 7.82. The molecule has 8 nitrogen and oxygen atoms in total. The highest BCUT2D eigenvalue weighted by Crippen LogP contribution is 2.36. The molecular weight excluding hydrogens is 559 g/mol. The smallest absolute Gasteiger partial charge is 0.381 e. The number of amides is 2. The lowest BCUT2D eigenvalue weighted by Crippen LogP contribution is -2.43. The van der Waals surface area contributed by atoms with Crippen molar-refractivity contribution in [3.8, 4) is 11.3 Å². The number of ether oxygens (including phenoxy) is 1. The maximum Gasteiger partial charge on any atom is 0.416 e. The van der Waals surface area contributed by atoms with Crippen LogP contribution in [0.25, 0.3) is 11.3 Å². The van der Waals surface area contributed by atoms with E-state index in [1.165, 1.54) is 22.1 Å². The Morgan fingerprint density at radius 3 is 2.71 bits per heavy atom. The number of fused-ring (bicyclic) bond motifs is 2. The van der Waals surface area contributed by atoms with Crippen molar-refractivity contribution in [3.63, 3.8) is 0 Å². The van der Waals surface area contributed by atoms with Crippen LogP contribution in [0, 0.1) is 0 Å². The number of anilines is 1. The SMILES string of the molecule is O=C(CN1Cc2ccc(-c3nc(NC4CCOCC4)ncc3Cl)cc2C1=O)N1CCc2cccc(C(F)(F)F)c2C1. The molecule has 0 spiro atoms. The topological polar surface area (TPSA) is 87.7 Å². The summed E-state index contributed by atoms with van der Waals surface area (Å²) in [7, 11) is 0. The van der Waals surface area contributed by atoms with Crippen molar-refractivity contribution < 1.29 is 27.5 Å². The van der Waals surface area contributed by atoms with E-state index in [1.807, 2.05) is 12.1 Å². The predicted molar refractivity (Wildman–Crippen MR) is 145 cm³/mol. The second-order valence-electron chi connectivity index (χ2n) is 10.5. The molecule has 0 saturated carbocycles. The van der Waals surface area contributed by atoms with Gasteiger partial charge in [0.25, 0.3) is 5.91 Å². The fourth-order valence-electron chi connectivity index (χ4n) is 5.62. The minimum Gasteiger partial charge on any atom is -0.381 e. The van der Waals surface area contributed by atoms with Crippen LogP contribution in [-0.2, 0) is 35.2 Å². The van der Waals surface area contributed by atoms with Gasteiger partial charge in [-0.05, 0) is 48.1 Å². The van der Waals surface area contributed by atoms with Crippen molar-refractivity contribution in [3.05, 3.63) is 75.4 Å². The lowest BCUT2D eigenvalue weighted by atomic mass is 9.94. The zero-order valence-electron chi connectivity index (χ0n) is 22.0. The van der Waals surface area contributed by atoms with Crippen molar-refractivity contribution in [1.82, 2.24) is 19.8 Å². The van der Waals surface area contributed by atoms with Gasteiger partial charge in [-0.15, -0.1) is 0 Å². The third-order valence-corrected chi connectivity index (χ3v) is 8.09. The van der Waals surface area contributed by atoms with Gasteiger partial charge in [0.2, 0.25) is 11.9 Å². The van der Waals surface area contributed by atoms with Crippen LogP contribution < -0.4 is 5.32 Å². The van der Waals surface area contributed by atoms with E-state index in [-0.39, 0.29) is 37.1 Å². The maximum absolute atomic E-state index is 13.6. The summed E-state index contributed by atoms with van der Waals surface area (Å²) < 4.78 is 46.1. The van der Waals surface area contributed by atoms with Crippen LogP contribution in [-0.4, -0.2) is 63.9 Å². The van der Waals surface area contributed by atoms with Crippen LogP contribution in [0.2, 0.25) is 5.02 Å². The molecule has 3 aliphatic heterocycles. The number of nitrogens with one attached hydrogen (secondary N) is 1. The molecule has 4 heterocycles. The molecule has 6 rings (SSSR count). The first kappa shape index (κ1) is 27.5. The number of carbonyl (C=O) groups excluding carboxylic acids is 2. The largest absolute Gasteiger partial charge is 0.416 e. The fraction of sp³-hybridized carbons (Fsp3) is 0.379. The molecule has 0 unspecified atom stereocenters. The lowest BCUT2D eigenvalue weighted by Gasteiger charge is -2.32. The normalized spacial score (nSPS) is 17.4. The number of carbonyl (C=O) groups is 2. The standard InChI is InChI=1S/C29H27ClF3N5O3/c30-24-13-34-28(35-20-7-10-41-11-8-20)36-26(24)18-4-5-19-14-38(27(40)21(19)12-18)16-25(39)37-9-6-17-2-1-3-23(22(17)15-37)29(31,32)33/h1-5,12-13,20H,6-11,14-16H2,(H,34,35,36). The van der Waals surface area contributed by atoms with E-state index >= 15 is 0 Å². The molecule has 1 saturated heterocycles. The molecule has 3 aliphatic rings. The first-order valence-corrected chi connectivity index (χ1v) is 13.8. The van der Waals surface area contributed by atoms with E-state index in [0.29, 0.717) is 59.5 Å². The lowest BCUT2D eigenvalue weighted by molar-refractivity contribution is -0.140. The predicted octanol–water partition coefficient (Wildman–Crippen LogP) is 4.95. The summed E-state index contributed by atoms with van der Waals surface area (Å²) in [5, 5.41) is 3.65. The van der Waals surface area contributed by atoms with E-state index in [0.717, 1.165) is 24.5 Å². The number of alkyl halides is 3. The van der Waals surface area contributed by atoms with Crippen molar-refractivity contribution in [1.29, 1.82) is 0 Å². The Hall–Kier alpha value is -3.70. The molecule has 1 fully saturated rings. The minimum atomic E-state index is -4.50. The number of hydrogen-bond donors (Lipinski definition) is 1. The van der Waals surface area contributed by atoms with Crippen molar-refractivity contribution >= 4 is 29.4 Å². The van der Waals surface area contributed by atoms with Gasteiger partial charge >= 0.3 is 6.18 Å². The van der Waals surface area contributed by atoms with E-state index in [9.17, 15) is 22.8 Å². The summed E-state index contributed by atoms with van der Waals surface area (Å²) in [4.78, 5) is 38.2. The van der Waals surface area contributed by atoms with Crippen LogP contribution >= 0.6 is 11.6 Å². The second-order valence-corrected chi connectivity index (χ2v) is 10.9. The molecule has 0 bridgehead atoms. The van der Waals surface area contributed by atoms with Gasteiger partial charge in [-0.25, -0.2) is 9.97 Å². The number of aromatic nitrogens is 2. The molecular formula is C29H27ClF3N5O3. The summed E-state index contributed by atoms with van der Waals surface area (Å²) in [5.41, 5.74) is 2.30. The average Bonchev–Trinajstić information content (AvgIpc) is 3.27. The minimum absolute atomic E-state index is 0.118. The molecule has 1 aromatic heterocycles. The molecule has 2 amide bonds. The van der Waals surface area contributed by atoms with Gasteiger partial charge in [-0.1, -0.05) is 35.9 Å². The molecule has 41 heavy (non-hydrogen) atoms. The Morgan fingerprint density at radius 1 is 1.12 bits per heavy atom. The van der Waals surface area contributed by atoms with E-state index in [2.05, 4.69) is 15.3 Å². The number of halogens is 4. The Bertz CT molecular complexity index is 1510. The van der Waals surface area contributed by atoms with Crippen LogP contribution in [0.15, 0.2) is 42.6 Å². The highest BCUT2D eigenvalue weighted by Gasteiger charge is 2.37. The average molecular weight is 586 g/mol. The molecule has 0 aliphatic carbocycles. The highest BCUT2D eigenvalue weighted by atomic mass is 35.5. The number of hydrogen-bond acceptors (Lipinski definition) is 6. The maximum atomic E-state index is 13.6. The van der Waals surface area contributed by atoms with Gasteiger partial charge in [0.1, 0.15) is 6.54 Å². The summed E-state index contributed by atoms with van der Waals surface area (Å²) in [6, 6.07) is 9.64. The number of rotatable bonds is 5. The van der Waals surface area contributed by atoms with Gasteiger partial charge < -0.3 is 19.9 Å². The Balaban J connectivity index is 1.16. The van der Waals surface area contributed by atoms with Crippen molar-refractivity contribution in [2.24, 2.45) is 0 Å². The van der Waals surface area contributed by atoms with Gasteiger partial charge in [0.05, 0.1) is 22.5 Å². The Kier molecular flexibility index (Phi) is 7.33. The molecule has 214 valence electrons. The van der Waals surface area contributed by atoms with E-state index < -0.39 is 17.6 Å². The fourth-order valence-corrected chi connectivity index (χ4v) is 5.82. The molecule has 0 radical (unpaired) electrons. The number of nitrogens with zero attached hydrogens (tertiary/aromatic N) is 4. The van der Waals surface area contributed by atoms with Crippen molar-refractivity contribution in [2.75, 3.05) is 31.6 Å². The summed E-state index contributed by atoms with van der Waals surface area (Å²) in [6.45, 7) is 1.50. The van der Waals surface area contributed by atoms with Gasteiger partial charge in [0, 0.05) is 50.0 Å². The third kappa shape index (κ3) is 5.60. The molecule has 12 heteroatoms. The molecule has 1 N–H and O–H groups in total. The Labute approximate surface area is 239 Å². The monoisotopic (exact) mass is 585 g/mol. The van der Waals surface area contributed by atoms with Crippen LogP contribution in [0.5, 0.6) is 0 Å². The quantitative estimate of drug-likeness (QED) is 0.456. The van der Waals surface area contributed by atoms with Crippen LogP contribution in [0.3, 0.4) is 0 Å². The molecule has 2 aromatic carbocycles. The molecule has 3 aromatic rings. The summed E-state index contributed by atoms with van der Waals surface area (Å²) in [6.07, 6.45) is -0.969. The Morgan fingerprint density at radius 2 is 1.93 bits per heavy atom. The summed E-state index contributed by atoms with van der Waals surface area (Å²) in [5.74, 6) is -0.280. The first-order chi connectivity index (χ1) is 19.7. The zero-order valence-corrected chi connectivity index (χ0v) is 22.8. The van der Waals surface area contributed by atoms with Gasteiger partial charge in [0.15, 0.2) is 0 Å². The van der Waals surface area contributed by atoms with E-state index in [1.54, 1.807) is 12.1 Å². The van der Waals surface area contributed by atoms with Gasteiger partial charge in [-0.3, -0.25) is 9.59 Å². The first-order valence-electron chi connectivity index (χ1n) is 13.4. The van der Waals surface area contributed by atoms with Crippen LogP contribution in [0.1, 0.15) is 45.5 Å². The summed E-state index contributed by atoms with van der Waals surface area (Å²) >= 11 is 6.43. The highest BCUT2D eigenvalue weighted by molar-refractivity contribution is 6.33. The van der Waals surface area contributed by atoms with E-state index in [4.69, 9.17) is 16.3 Å². The van der Waals surface area contributed by atoms with Crippen LogP contribution in [0.4, 0.5) is 19.1 Å². The number of benzene rings is 2. The van der Waals surface area contributed by atoms with Crippen molar-refractivity contribution in [2.45, 2.75) is 44.6 Å². The molecule has 0 atom stereocenters. The zero-order chi connectivity index (χ0) is 28.7.